The second-order valence-corrected chi connectivity index (χ2v) is 7.36. The van der Waals surface area contributed by atoms with Crippen LogP contribution in [0.25, 0.3) is 0 Å². The normalized spacial score (nSPS) is 14.5. The van der Waals surface area contributed by atoms with E-state index in [0.717, 1.165) is 16.8 Å². The number of nitrogens with zero attached hydrogens (tertiary/aromatic N) is 2. The molecule has 0 radical (unpaired) electrons. The number of rotatable bonds is 2. The van der Waals surface area contributed by atoms with Gasteiger partial charge in [-0.2, -0.15) is 0 Å². The smallest absolute Gasteiger partial charge is 0.322 e. The molecule has 0 atom stereocenters. The van der Waals surface area contributed by atoms with Crippen molar-refractivity contribution in [1.82, 2.24) is 4.90 Å². The summed E-state index contributed by atoms with van der Waals surface area (Å²) in [6.07, 6.45) is 0. The van der Waals surface area contributed by atoms with Crippen LogP contribution in [0.1, 0.15) is 11.1 Å². The van der Waals surface area contributed by atoms with Gasteiger partial charge < -0.3 is 20.2 Å². The number of piperazine rings is 1. The first kappa shape index (κ1) is 18.7. The van der Waals surface area contributed by atoms with Gasteiger partial charge in [0.1, 0.15) is 5.75 Å². The van der Waals surface area contributed by atoms with Crippen LogP contribution in [0, 0.1) is 13.8 Å². The molecule has 3 rings (SSSR count). The molecule has 1 aliphatic rings. The zero-order chi connectivity index (χ0) is 18.8. The molecule has 2 N–H and O–H groups in total. The van der Waals surface area contributed by atoms with Gasteiger partial charge in [-0.05, 0) is 55.3 Å². The Labute approximate surface area is 163 Å². The van der Waals surface area contributed by atoms with E-state index in [1.165, 1.54) is 0 Å². The molecule has 5 nitrogen and oxygen atoms in total. The third-order valence-corrected chi connectivity index (χ3v) is 5.07. The number of aromatic hydroxyl groups is 1. The SMILES string of the molecule is Cc1cc(O)c(NC(=O)N2CCN(c3cc(Cl)cc(Cl)c3)CC2)cc1C. The summed E-state index contributed by atoms with van der Waals surface area (Å²) in [7, 11) is 0. The summed E-state index contributed by atoms with van der Waals surface area (Å²) in [4.78, 5) is 16.4. The van der Waals surface area contributed by atoms with Crippen LogP contribution in [0.2, 0.25) is 10.0 Å². The Balaban J connectivity index is 1.63. The summed E-state index contributed by atoms with van der Waals surface area (Å²) in [6, 6.07) is 8.67. The molecule has 26 heavy (non-hydrogen) atoms. The van der Waals surface area contributed by atoms with Crippen LogP contribution in [0.3, 0.4) is 0 Å². The van der Waals surface area contributed by atoms with Gasteiger partial charge in [0.2, 0.25) is 0 Å². The number of phenols is 1. The van der Waals surface area contributed by atoms with E-state index in [2.05, 4.69) is 10.2 Å². The fourth-order valence-corrected chi connectivity index (χ4v) is 3.50. The highest BCUT2D eigenvalue weighted by atomic mass is 35.5. The van der Waals surface area contributed by atoms with Gasteiger partial charge >= 0.3 is 6.03 Å². The molecule has 0 saturated carbocycles. The van der Waals surface area contributed by atoms with Crippen molar-refractivity contribution < 1.29 is 9.90 Å². The predicted molar refractivity (Wildman–Crippen MR) is 107 cm³/mol. The van der Waals surface area contributed by atoms with Gasteiger partial charge in [-0.25, -0.2) is 4.79 Å². The minimum atomic E-state index is -0.215. The van der Waals surface area contributed by atoms with E-state index in [-0.39, 0.29) is 11.8 Å². The molecular formula is C19H21Cl2N3O2. The predicted octanol–water partition coefficient (Wildman–Crippen LogP) is 4.67. The second kappa shape index (κ2) is 7.64. The average Bonchev–Trinajstić information content (AvgIpc) is 2.59. The zero-order valence-corrected chi connectivity index (χ0v) is 16.2. The molecule has 138 valence electrons. The molecule has 2 amide bonds. The van der Waals surface area contributed by atoms with Gasteiger partial charge in [0.15, 0.2) is 0 Å². The Morgan fingerprint density at radius 3 is 2.15 bits per heavy atom. The number of nitrogens with one attached hydrogen (secondary N) is 1. The van der Waals surface area contributed by atoms with Crippen molar-refractivity contribution in [3.05, 3.63) is 51.5 Å². The highest BCUT2D eigenvalue weighted by Gasteiger charge is 2.22. The number of carbonyl (C=O) groups is 1. The fraction of sp³-hybridized carbons (Fsp3) is 0.316. The van der Waals surface area contributed by atoms with Crippen LogP contribution in [-0.2, 0) is 0 Å². The third kappa shape index (κ3) is 4.17. The number of aryl methyl sites for hydroxylation is 2. The molecule has 0 spiro atoms. The highest BCUT2D eigenvalue weighted by Crippen LogP contribution is 2.28. The van der Waals surface area contributed by atoms with E-state index in [1.54, 1.807) is 23.1 Å². The first-order valence-electron chi connectivity index (χ1n) is 8.40. The third-order valence-electron chi connectivity index (χ3n) is 4.63. The monoisotopic (exact) mass is 393 g/mol. The Morgan fingerprint density at radius 2 is 1.54 bits per heavy atom. The lowest BCUT2D eigenvalue weighted by Crippen LogP contribution is -2.50. The number of carbonyl (C=O) groups excluding carboxylic acids is 1. The maximum Gasteiger partial charge on any atom is 0.322 e. The van der Waals surface area contributed by atoms with Crippen molar-refractivity contribution in [1.29, 1.82) is 0 Å². The number of halogens is 2. The standard InChI is InChI=1S/C19H21Cl2N3O2/c1-12-7-17(18(25)8-13(12)2)22-19(26)24-5-3-23(4-6-24)16-10-14(20)9-15(21)11-16/h7-11,25H,3-6H2,1-2H3,(H,22,26). The number of hydrogen-bond acceptors (Lipinski definition) is 3. The number of anilines is 2. The van der Waals surface area contributed by atoms with Crippen LogP contribution < -0.4 is 10.2 Å². The molecule has 1 aliphatic heterocycles. The van der Waals surface area contributed by atoms with Crippen LogP contribution in [0.15, 0.2) is 30.3 Å². The van der Waals surface area contributed by atoms with Gasteiger partial charge in [-0.1, -0.05) is 23.2 Å². The summed E-state index contributed by atoms with van der Waals surface area (Å²) in [5.41, 5.74) is 3.38. The number of amides is 2. The molecule has 2 aromatic carbocycles. The van der Waals surface area contributed by atoms with Crippen LogP contribution >= 0.6 is 23.2 Å². The van der Waals surface area contributed by atoms with E-state index in [9.17, 15) is 9.90 Å². The Hall–Kier alpha value is -2.11. The molecule has 7 heteroatoms. The number of benzene rings is 2. The number of hydrogen-bond donors (Lipinski definition) is 2. The lowest BCUT2D eigenvalue weighted by atomic mass is 10.1. The maximum absolute atomic E-state index is 12.5. The van der Waals surface area contributed by atoms with Gasteiger partial charge in [0.05, 0.1) is 5.69 Å². The molecular weight excluding hydrogens is 373 g/mol. The van der Waals surface area contributed by atoms with Crippen molar-refractivity contribution in [2.75, 3.05) is 36.4 Å². The Bertz CT molecular complexity index is 814. The molecule has 0 unspecified atom stereocenters. The van der Waals surface area contributed by atoms with E-state index < -0.39 is 0 Å². The summed E-state index contributed by atoms with van der Waals surface area (Å²) in [5, 5.41) is 14.0. The summed E-state index contributed by atoms with van der Waals surface area (Å²) >= 11 is 12.1. The minimum absolute atomic E-state index is 0.0775. The van der Waals surface area contributed by atoms with Crippen molar-refractivity contribution in [2.45, 2.75) is 13.8 Å². The van der Waals surface area contributed by atoms with Gasteiger partial charge in [0, 0.05) is 41.9 Å². The highest BCUT2D eigenvalue weighted by molar-refractivity contribution is 6.35. The lowest BCUT2D eigenvalue weighted by molar-refractivity contribution is 0.208. The first-order chi connectivity index (χ1) is 12.3. The summed E-state index contributed by atoms with van der Waals surface area (Å²) < 4.78 is 0. The Morgan fingerprint density at radius 1 is 0.962 bits per heavy atom. The molecule has 0 aliphatic carbocycles. The number of phenolic OH excluding ortho intramolecular Hbond substituents is 1. The lowest BCUT2D eigenvalue weighted by Gasteiger charge is -2.36. The summed E-state index contributed by atoms with van der Waals surface area (Å²) in [6.45, 7) is 6.37. The fourth-order valence-electron chi connectivity index (χ4n) is 2.98. The van der Waals surface area contributed by atoms with Crippen molar-refractivity contribution in [2.24, 2.45) is 0 Å². The van der Waals surface area contributed by atoms with E-state index in [4.69, 9.17) is 23.2 Å². The second-order valence-electron chi connectivity index (χ2n) is 6.49. The zero-order valence-electron chi connectivity index (χ0n) is 14.7. The quantitative estimate of drug-likeness (QED) is 0.728. The number of urea groups is 1. The first-order valence-corrected chi connectivity index (χ1v) is 9.16. The molecule has 1 saturated heterocycles. The maximum atomic E-state index is 12.5. The molecule has 1 fully saturated rings. The molecule has 0 bridgehead atoms. The average molecular weight is 394 g/mol. The van der Waals surface area contributed by atoms with Crippen LogP contribution in [0.5, 0.6) is 5.75 Å². The van der Waals surface area contributed by atoms with Gasteiger partial charge in [-0.15, -0.1) is 0 Å². The summed E-state index contributed by atoms with van der Waals surface area (Å²) in [5.74, 6) is 0.0775. The van der Waals surface area contributed by atoms with Gasteiger partial charge in [0.25, 0.3) is 0 Å². The minimum Gasteiger partial charge on any atom is -0.506 e. The largest absolute Gasteiger partial charge is 0.506 e. The topological polar surface area (TPSA) is 55.8 Å². The van der Waals surface area contributed by atoms with E-state index in [1.807, 2.05) is 26.0 Å². The van der Waals surface area contributed by atoms with Crippen molar-refractivity contribution >= 4 is 40.6 Å². The van der Waals surface area contributed by atoms with Crippen LogP contribution in [-0.4, -0.2) is 42.2 Å². The van der Waals surface area contributed by atoms with Crippen LogP contribution in [0.4, 0.5) is 16.2 Å². The van der Waals surface area contributed by atoms with E-state index in [0.29, 0.717) is 41.9 Å². The molecule has 2 aromatic rings. The molecule has 0 aromatic heterocycles. The van der Waals surface area contributed by atoms with Gasteiger partial charge in [-0.3, -0.25) is 0 Å². The molecule has 1 heterocycles. The Kier molecular flexibility index (Phi) is 5.49. The van der Waals surface area contributed by atoms with Crippen molar-refractivity contribution in [3.63, 3.8) is 0 Å². The van der Waals surface area contributed by atoms with E-state index >= 15 is 0 Å². The van der Waals surface area contributed by atoms with Crippen molar-refractivity contribution in [3.8, 4) is 5.75 Å².